The zero-order chi connectivity index (χ0) is 12.0. The Balaban J connectivity index is 2.67. The number of nitrogens with one attached hydrogen (secondary N) is 2. The van der Waals surface area contributed by atoms with Gasteiger partial charge in [-0.25, -0.2) is 0 Å². The molecule has 1 aromatic rings. The van der Waals surface area contributed by atoms with Crippen molar-refractivity contribution in [2.24, 2.45) is 5.73 Å². The number of amides is 1. The normalized spacial score (nSPS) is 10.0. The van der Waals surface area contributed by atoms with E-state index in [0.29, 0.717) is 11.3 Å². The van der Waals surface area contributed by atoms with Crippen molar-refractivity contribution in [3.63, 3.8) is 0 Å². The Morgan fingerprint density at radius 1 is 1.44 bits per heavy atom. The summed E-state index contributed by atoms with van der Waals surface area (Å²) in [5.74, 6) is -0.580. The van der Waals surface area contributed by atoms with Gasteiger partial charge >= 0.3 is 0 Å². The van der Waals surface area contributed by atoms with Gasteiger partial charge in [-0.3, -0.25) is 14.9 Å². The number of nitrogens with zero attached hydrogens (tertiary/aromatic N) is 1. The maximum absolute atomic E-state index is 11.0. The van der Waals surface area contributed by atoms with E-state index in [4.69, 9.17) is 5.73 Å². The first kappa shape index (κ1) is 11.5. The highest BCUT2D eigenvalue weighted by Crippen LogP contribution is 2.12. The zero-order valence-electron chi connectivity index (χ0n) is 8.21. The number of nitrogens with two attached hydrogens (primary N) is 1. The molecule has 1 aromatic carbocycles. The van der Waals surface area contributed by atoms with Crippen molar-refractivity contribution in [1.29, 1.82) is 0 Å². The third-order valence-corrected chi connectivity index (χ3v) is 1.68. The lowest BCUT2D eigenvalue weighted by Crippen LogP contribution is -2.20. The molecule has 0 atom stereocenters. The van der Waals surface area contributed by atoms with Gasteiger partial charge in [0.25, 0.3) is 12.1 Å². The van der Waals surface area contributed by atoms with Crippen LogP contribution in [0, 0.1) is 10.1 Å². The maximum Gasteiger partial charge on any atom is 0.251 e. The molecule has 1 rings (SSSR count). The van der Waals surface area contributed by atoms with Crippen LogP contribution >= 0.6 is 0 Å². The van der Waals surface area contributed by atoms with Crippen molar-refractivity contribution in [2.75, 3.05) is 5.43 Å². The van der Waals surface area contributed by atoms with Gasteiger partial charge in [0.2, 0.25) is 0 Å². The largest absolute Gasteiger partial charge is 0.366 e. The molecule has 0 aliphatic carbocycles. The number of anilines is 1. The average Bonchev–Trinajstić information content (AvgIpc) is 2.24. The minimum atomic E-state index is -0.616. The number of hydrazine groups is 1. The molecule has 0 aliphatic rings. The number of hydrogen-bond acceptors (Lipinski definition) is 5. The van der Waals surface area contributed by atoms with Crippen LogP contribution in [0.4, 0.5) is 5.69 Å². The number of carbonyl (C=O) groups excluding carboxylic acids is 1. The molecule has 0 saturated carbocycles. The monoisotopic (exact) mass is 222 g/mol. The number of benzene rings is 1. The number of para-hydroxylation sites is 1. The van der Waals surface area contributed by atoms with Gasteiger partial charge in [0.05, 0.1) is 22.4 Å². The molecular weight excluding hydrogens is 212 g/mol. The van der Waals surface area contributed by atoms with Crippen molar-refractivity contribution in [1.82, 2.24) is 5.43 Å². The summed E-state index contributed by atoms with van der Waals surface area (Å²) < 4.78 is 0. The molecule has 0 saturated heterocycles. The van der Waals surface area contributed by atoms with Gasteiger partial charge in [-0.1, -0.05) is 12.1 Å². The highest BCUT2D eigenvalue weighted by Gasteiger charge is 2.05. The summed E-state index contributed by atoms with van der Waals surface area (Å²) in [5.41, 5.74) is 10.9. The van der Waals surface area contributed by atoms with Crippen LogP contribution in [0.1, 0.15) is 10.4 Å². The predicted molar refractivity (Wildman–Crippen MR) is 57.9 cm³/mol. The Hall–Kier alpha value is -2.57. The van der Waals surface area contributed by atoms with E-state index in [1.54, 1.807) is 24.3 Å². The molecule has 0 unspecified atom stereocenters. The van der Waals surface area contributed by atoms with Crippen LogP contribution in [0.15, 0.2) is 36.7 Å². The Bertz CT molecular complexity index is 431. The third-order valence-electron chi connectivity index (χ3n) is 1.68. The number of nitro groups is 1. The van der Waals surface area contributed by atoms with Crippen LogP contribution in [-0.2, 0) is 0 Å². The van der Waals surface area contributed by atoms with Crippen LogP contribution in [0.25, 0.3) is 0 Å². The molecule has 84 valence electrons. The molecule has 0 fully saturated rings. The molecule has 0 heterocycles. The van der Waals surface area contributed by atoms with E-state index in [0.717, 1.165) is 12.4 Å². The van der Waals surface area contributed by atoms with Gasteiger partial charge in [-0.15, -0.1) is 0 Å². The summed E-state index contributed by atoms with van der Waals surface area (Å²) in [4.78, 5) is 20.3. The van der Waals surface area contributed by atoms with E-state index < -0.39 is 10.8 Å². The number of primary amides is 1. The second kappa shape index (κ2) is 5.35. The molecule has 7 heteroatoms. The fourth-order valence-electron chi connectivity index (χ4n) is 1.02. The molecule has 0 aliphatic heterocycles. The van der Waals surface area contributed by atoms with Crippen LogP contribution in [-0.4, -0.2) is 10.8 Å². The molecule has 7 nitrogen and oxygen atoms in total. The maximum atomic E-state index is 11.0. The van der Waals surface area contributed by atoms with E-state index in [1.165, 1.54) is 0 Å². The van der Waals surface area contributed by atoms with E-state index in [2.05, 4.69) is 10.9 Å². The molecule has 1 amide bonds. The van der Waals surface area contributed by atoms with Crippen molar-refractivity contribution in [3.8, 4) is 0 Å². The molecule has 0 spiro atoms. The van der Waals surface area contributed by atoms with Crippen LogP contribution < -0.4 is 16.6 Å². The van der Waals surface area contributed by atoms with Gasteiger partial charge in [-0.2, -0.15) is 0 Å². The summed E-state index contributed by atoms with van der Waals surface area (Å²) in [7, 11) is 0. The van der Waals surface area contributed by atoms with Gasteiger partial charge in [0.1, 0.15) is 0 Å². The summed E-state index contributed by atoms with van der Waals surface area (Å²) in [6, 6.07) is 6.53. The minimum Gasteiger partial charge on any atom is -0.366 e. The Labute approximate surface area is 91.1 Å². The average molecular weight is 222 g/mol. The van der Waals surface area contributed by atoms with Gasteiger partial charge < -0.3 is 16.6 Å². The molecule has 0 aromatic heterocycles. The topological polar surface area (TPSA) is 110 Å². The van der Waals surface area contributed by atoms with Gasteiger partial charge in [0, 0.05) is 0 Å². The first-order valence-electron chi connectivity index (χ1n) is 4.32. The van der Waals surface area contributed by atoms with Crippen molar-refractivity contribution in [2.45, 2.75) is 0 Å². The standard InChI is InChI=1S/C9H10N4O3/c10-9(14)7-3-1-2-4-8(7)12-11-5-6-13(15)16/h1-6,11-12H,(H2,10,14). The molecular formula is C9H10N4O3. The third kappa shape index (κ3) is 3.29. The fraction of sp³-hybridized carbons (Fsp3) is 0. The van der Waals surface area contributed by atoms with E-state index in [9.17, 15) is 14.9 Å². The van der Waals surface area contributed by atoms with Gasteiger partial charge in [-0.05, 0) is 12.1 Å². The second-order valence-electron chi connectivity index (χ2n) is 2.78. The Morgan fingerprint density at radius 3 is 2.75 bits per heavy atom. The molecule has 4 N–H and O–H groups in total. The summed E-state index contributed by atoms with van der Waals surface area (Å²) in [5, 5.41) is 9.96. The smallest absolute Gasteiger partial charge is 0.251 e. The lowest BCUT2D eigenvalue weighted by atomic mass is 10.2. The summed E-state index contributed by atoms with van der Waals surface area (Å²) in [6.07, 6.45) is 1.82. The van der Waals surface area contributed by atoms with Gasteiger partial charge in [0.15, 0.2) is 0 Å². The van der Waals surface area contributed by atoms with E-state index in [1.807, 2.05) is 0 Å². The number of carbonyl (C=O) groups is 1. The number of hydrogen-bond donors (Lipinski definition) is 3. The Kier molecular flexibility index (Phi) is 3.84. The fourth-order valence-corrected chi connectivity index (χ4v) is 1.02. The van der Waals surface area contributed by atoms with Crippen molar-refractivity contribution >= 4 is 11.6 Å². The van der Waals surface area contributed by atoms with Crippen molar-refractivity contribution < 1.29 is 9.72 Å². The zero-order valence-corrected chi connectivity index (χ0v) is 8.21. The molecule has 16 heavy (non-hydrogen) atoms. The lowest BCUT2D eigenvalue weighted by molar-refractivity contribution is -0.402. The predicted octanol–water partition coefficient (Wildman–Crippen LogP) is 0.450. The summed E-state index contributed by atoms with van der Waals surface area (Å²) in [6.45, 7) is 0. The SMILES string of the molecule is NC(=O)c1ccccc1NNC=C[N+](=O)[O-]. The minimum absolute atomic E-state index is 0.296. The highest BCUT2D eigenvalue weighted by molar-refractivity contribution is 5.98. The van der Waals surface area contributed by atoms with Crippen LogP contribution in [0.5, 0.6) is 0 Å². The highest BCUT2D eigenvalue weighted by atomic mass is 16.6. The van der Waals surface area contributed by atoms with E-state index in [-0.39, 0.29) is 0 Å². The molecule has 0 radical (unpaired) electrons. The molecule has 0 bridgehead atoms. The van der Waals surface area contributed by atoms with E-state index >= 15 is 0 Å². The Morgan fingerprint density at radius 2 is 2.12 bits per heavy atom. The lowest BCUT2D eigenvalue weighted by Gasteiger charge is -2.08. The summed E-state index contributed by atoms with van der Waals surface area (Å²) >= 11 is 0. The first-order chi connectivity index (χ1) is 7.61. The van der Waals surface area contributed by atoms with Crippen molar-refractivity contribution in [3.05, 3.63) is 52.3 Å². The second-order valence-corrected chi connectivity index (χ2v) is 2.78. The number of rotatable bonds is 5. The first-order valence-corrected chi connectivity index (χ1v) is 4.32. The van der Waals surface area contributed by atoms with Crippen LogP contribution in [0.3, 0.4) is 0 Å². The quantitative estimate of drug-likeness (QED) is 0.494. The van der Waals surface area contributed by atoms with Crippen LogP contribution in [0.2, 0.25) is 0 Å².